The molecule has 1 aromatic carbocycles. The first-order valence-electron chi connectivity index (χ1n) is 10.2. The highest BCUT2D eigenvalue weighted by atomic mass is 16.5. The van der Waals surface area contributed by atoms with Gasteiger partial charge in [-0.15, -0.1) is 0 Å². The minimum absolute atomic E-state index is 0.119. The molecule has 2 rings (SSSR count). The van der Waals surface area contributed by atoms with Crippen molar-refractivity contribution < 1.29 is 14.3 Å². The van der Waals surface area contributed by atoms with Gasteiger partial charge in [0.05, 0.1) is 0 Å². The van der Waals surface area contributed by atoms with Gasteiger partial charge in [0.25, 0.3) is 5.91 Å². The summed E-state index contributed by atoms with van der Waals surface area (Å²) in [7, 11) is 1.59. The first kappa shape index (κ1) is 21.7. The number of anilines is 1. The molecule has 1 N–H and O–H groups in total. The topological polar surface area (TPSA) is 50.8 Å². The quantitative estimate of drug-likeness (QED) is 0.697. The van der Waals surface area contributed by atoms with E-state index in [0.717, 1.165) is 18.0 Å². The number of methoxy groups -OCH3 is 1. The third kappa shape index (κ3) is 6.51. The third-order valence-corrected chi connectivity index (χ3v) is 5.43. The molecule has 2 unspecified atom stereocenters. The van der Waals surface area contributed by atoms with Gasteiger partial charge in [-0.3, -0.25) is 9.69 Å². The van der Waals surface area contributed by atoms with Crippen LogP contribution in [0.15, 0.2) is 24.3 Å². The second-order valence-corrected chi connectivity index (χ2v) is 8.24. The first-order chi connectivity index (χ1) is 12.8. The van der Waals surface area contributed by atoms with E-state index >= 15 is 0 Å². The van der Waals surface area contributed by atoms with Crippen LogP contribution >= 0.6 is 0 Å². The summed E-state index contributed by atoms with van der Waals surface area (Å²) in [4.78, 5) is 15.1. The number of nitrogens with one attached hydrogen (secondary N) is 1. The largest absolute Gasteiger partial charge is 0.492 e. The van der Waals surface area contributed by atoms with E-state index in [1.54, 1.807) is 7.11 Å². The second-order valence-electron chi connectivity index (χ2n) is 8.24. The second kappa shape index (κ2) is 10.1. The van der Waals surface area contributed by atoms with Gasteiger partial charge in [0.1, 0.15) is 18.0 Å². The molecule has 1 aromatic rings. The minimum atomic E-state index is -0.825. The molecule has 1 amide bonds. The average molecular weight is 377 g/mol. The lowest BCUT2D eigenvalue weighted by Crippen LogP contribution is -2.43. The molecular formula is C22H36N2O3. The third-order valence-electron chi connectivity index (χ3n) is 5.43. The van der Waals surface area contributed by atoms with Crippen molar-refractivity contribution >= 4 is 11.6 Å². The minimum Gasteiger partial charge on any atom is -0.492 e. The van der Waals surface area contributed by atoms with Gasteiger partial charge in [-0.2, -0.15) is 0 Å². The van der Waals surface area contributed by atoms with Gasteiger partial charge in [0, 0.05) is 25.4 Å². The Bertz CT molecular complexity index is 588. The Morgan fingerprint density at radius 2 is 2.00 bits per heavy atom. The number of hydrogen-bond donors (Lipinski definition) is 1. The van der Waals surface area contributed by atoms with Crippen LogP contribution in [0.4, 0.5) is 5.69 Å². The number of benzene rings is 1. The highest BCUT2D eigenvalue weighted by Gasteiger charge is 2.33. The molecule has 0 radical (unpaired) electrons. The molecule has 27 heavy (non-hydrogen) atoms. The summed E-state index contributed by atoms with van der Waals surface area (Å²) >= 11 is 0. The lowest BCUT2D eigenvalue weighted by atomic mass is 9.93. The van der Waals surface area contributed by atoms with Gasteiger partial charge >= 0.3 is 0 Å². The zero-order valence-electron chi connectivity index (χ0n) is 17.6. The SMILES string of the molecule is COC(C)(CC(C)C)C(=O)Nc1ccc(OCCN2CCCCC2C)cc1. The van der Waals surface area contributed by atoms with E-state index < -0.39 is 5.60 Å². The molecule has 2 atom stereocenters. The average Bonchev–Trinajstić information content (AvgIpc) is 2.64. The fraction of sp³-hybridized carbons (Fsp3) is 0.682. The molecule has 0 bridgehead atoms. The number of amides is 1. The number of likely N-dealkylation sites (tertiary alicyclic amines) is 1. The fourth-order valence-corrected chi connectivity index (χ4v) is 3.72. The van der Waals surface area contributed by atoms with Crippen LogP contribution in [0.2, 0.25) is 0 Å². The molecule has 1 heterocycles. The Hall–Kier alpha value is -1.59. The van der Waals surface area contributed by atoms with Crippen LogP contribution in [-0.4, -0.2) is 49.3 Å². The molecule has 1 saturated heterocycles. The van der Waals surface area contributed by atoms with Crippen LogP contribution in [0.25, 0.3) is 0 Å². The summed E-state index contributed by atoms with van der Waals surface area (Å²) in [6.07, 6.45) is 4.58. The van der Waals surface area contributed by atoms with Gasteiger partial charge in [-0.1, -0.05) is 20.3 Å². The Morgan fingerprint density at radius 3 is 2.59 bits per heavy atom. The van der Waals surface area contributed by atoms with Gasteiger partial charge in [-0.25, -0.2) is 0 Å². The van der Waals surface area contributed by atoms with Crippen LogP contribution in [0, 0.1) is 5.92 Å². The number of nitrogens with zero attached hydrogens (tertiary/aromatic N) is 1. The van der Waals surface area contributed by atoms with Crippen LogP contribution in [0.1, 0.15) is 53.4 Å². The standard InChI is InChI=1S/C22H36N2O3/c1-17(2)16-22(4,26-5)21(25)23-19-9-11-20(12-10-19)27-15-14-24-13-7-6-8-18(24)3/h9-12,17-18H,6-8,13-16H2,1-5H3,(H,23,25). The van der Waals surface area contributed by atoms with Gasteiger partial charge in [0.2, 0.25) is 0 Å². The zero-order valence-corrected chi connectivity index (χ0v) is 17.6. The van der Waals surface area contributed by atoms with Crippen molar-refractivity contribution in [2.24, 2.45) is 5.92 Å². The fourth-order valence-electron chi connectivity index (χ4n) is 3.72. The molecule has 5 nitrogen and oxygen atoms in total. The molecule has 0 aliphatic carbocycles. The number of piperidine rings is 1. The van der Waals surface area contributed by atoms with E-state index in [1.807, 2.05) is 31.2 Å². The summed E-state index contributed by atoms with van der Waals surface area (Å²) in [5, 5.41) is 2.95. The Labute approximate surface area is 164 Å². The van der Waals surface area contributed by atoms with E-state index in [-0.39, 0.29) is 5.91 Å². The van der Waals surface area contributed by atoms with Gasteiger partial charge < -0.3 is 14.8 Å². The molecule has 152 valence electrons. The first-order valence-corrected chi connectivity index (χ1v) is 10.2. The summed E-state index contributed by atoms with van der Waals surface area (Å²) in [5.74, 6) is 1.08. The van der Waals surface area contributed by atoms with E-state index in [1.165, 1.54) is 25.8 Å². The van der Waals surface area contributed by atoms with Crippen molar-refractivity contribution in [1.82, 2.24) is 4.90 Å². The number of hydrogen-bond acceptors (Lipinski definition) is 4. The molecule has 0 aromatic heterocycles. The highest BCUT2D eigenvalue weighted by molar-refractivity contribution is 5.97. The van der Waals surface area contributed by atoms with E-state index in [0.29, 0.717) is 25.0 Å². The molecule has 1 fully saturated rings. The lowest BCUT2D eigenvalue weighted by Gasteiger charge is -2.33. The molecule has 0 spiro atoms. The molecule has 1 aliphatic heterocycles. The number of ether oxygens (including phenoxy) is 2. The normalized spacial score (nSPS) is 20.3. The van der Waals surface area contributed by atoms with Crippen LogP contribution in [0.3, 0.4) is 0 Å². The van der Waals surface area contributed by atoms with Crippen molar-refractivity contribution in [3.8, 4) is 5.75 Å². The monoisotopic (exact) mass is 376 g/mol. The predicted molar refractivity (Wildman–Crippen MR) is 110 cm³/mol. The highest BCUT2D eigenvalue weighted by Crippen LogP contribution is 2.23. The molecule has 0 saturated carbocycles. The number of carbonyl (C=O) groups is 1. The number of carbonyl (C=O) groups excluding carboxylic acids is 1. The van der Waals surface area contributed by atoms with Gasteiger partial charge in [-0.05, 0) is 69.8 Å². The van der Waals surface area contributed by atoms with Crippen LogP contribution < -0.4 is 10.1 Å². The van der Waals surface area contributed by atoms with Crippen molar-refractivity contribution in [2.75, 3.05) is 32.1 Å². The smallest absolute Gasteiger partial charge is 0.256 e. The number of rotatable bonds is 9. The van der Waals surface area contributed by atoms with Crippen molar-refractivity contribution in [1.29, 1.82) is 0 Å². The Kier molecular flexibility index (Phi) is 8.11. The molecule has 1 aliphatic rings. The van der Waals surface area contributed by atoms with Gasteiger partial charge in [0.15, 0.2) is 0 Å². The zero-order chi connectivity index (χ0) is 19.9. The van der Waals surface area contributed by atoms with E-state index in [2.05, 4.69) is 31.0 Å². The lowest BCUT2D eigenvalue weighted by molar-refractivity contribution is -0.137. The molecular weight excluding hydrogens is 340 g/mol. The summed E-state index contributed by atoms with van der Waals surface area (Å²) in [6.45, 7) is 11.1. The van der Waals surface area contributed by atoms with E-state index in [9.17, 15) is 4.79 Å². The van der Waals surface area contributed by atoms with Crippen molar-refractivity contribution in [3.63, 3.8) is 0 Å². The summed E-state index contributed by atoms with van der Waals surface area (Å²) in [6, 6.07) is 8.22. The van der Waals surface area contributed by atoms with Crippen LogP contribution in [0.5, 0.6) is 5.75 Å². The summed E-state index contributed by atoms with van der Waals surface area (Å²) in [5.41, 5.74) is -0.0712. The van der Waals surface area contributed by atoms with Crippen molar-refractivity contribution in [3.05, 3.63) is 24.3 Å². The maximum atomic E-state index is 12.6. The van der Waals surface area contributed by atoms with Crippen LogP contribution in [-0.2, 0) is 9.53 Å². The maximum absolute atomic E-state index is 12.6. The Morgan fingerprint density at radius 1 is 1.30 bits per heavy atom. The maximum Gasteiger partial charge on any atom is 0.256 e. The van der Waals surface area contributed by atoms with Crippen molar-refractivity contribution in [2.45, 2.75) is 65.0 Å². The van der Waals surface area contributed by atoms with E-state index in [4.69, 9.17) is 9.47 Å². The Balaban J connectivity index is 1.83. The summed E-state index contributed by atoms with van der Waals surface area (Å²) < 4.78 is 11.4. The predicted octanol–water partition coefficient (Wildman–Crippen LogP) is 4.33. The molecule has 5 heteroatoms.